The van der Waals surface area contributed by atoms with Crippen LogP contribution in [0.25, 0.3) is 0 Å². The number of alkyl halides is 3. The summed E-state index contributed by atoms with van der Waals surface area (Å²) in [5.74, 6) is 0.414. The number of hydrogen-bond acceptors (Lipinski definition) is 5. The van der Waals surface area contributed by atoms with Crippen molar-refractivity contribution in [2.45, 2.75) is 37.6 Å². The fourth-order valence-corrected chi connectivity index (χ4v) is 1.84. The number of nitrogens with one attached hydrogen (secondary N) is 1. The smallest absolute Gasteiger partial charge is 0.380 e. The minimum atomic E-state index is -4.20. The molecule has 2 heterocycles. The van der Waals surface area contributed by atoms with Gasteiger partial charge in [-0.3, -0.25) is 0 Å². The quantitative estimate of drug-likeness (QED) is 0.896. The van der Waals surface area contributed by atoms with Crippen molar-refractivity contribution in [2.24, 2.45) is 0 Å². The van der Waals surface area contributed by atoms with Crippen molar-refractivity contribution in [3.8, 4) is 0 Å². The molecule has 0 unspecified atom stereocenters. The van der Waals surface area contributed by atoms with Gasteiger partial charge in [0.15, 0.2) is 5.82 Å². The summed E-state index contributed by atoms with van der Waals surface area (Å²) in [6.45, 7) is 0.668. The highest BCUT2D eigenvalue weighted by Gasteiger charge is 2.31. The van der Waals surface area contributed by atoms with E-state index in [1.807, 2.05) is 0 Å². The maximum absolute atomic E-state index is 12.0. The molecule has 1 aliphatic rings. The number of nitrogens with zero attached hydrogens (tertiary/aromatic N) is 2. The van der Waals surface area contributed by atoms with Gasteiger partial charge in [0.2, 0.25) is 5.89 Å². The van der Waals surface area contributed by atoms with Crippen molar-refractivity contribution in [3.63, 3.8) is 0 Å². The van der Waals surface area contributed by atoms with Crippen molar-refractivity contribution in [3.05, 3.63) is 11.7 Å². The van der Waals surface area contributed by atoms with E-state index in [4.69, 9.17) is 9.26 Å². The minimum absolute atomic E-state index is 0.0699. The molecule has 0 radical (unpaired) electrons. The van der Waals surface area contributed by atoms with Gasteiger partial charge in [0.1, 0.15) is 0 Å². The summed E-state index contributed by atoms with van der Waals surface area (Å²) < 4.78 is 46.2. The first-order chi connectivity index (χ1) is 8.48. The Labute approximate surface area is 102 Å². The third-order valence-electron chi connectivity index (χ3n) is 2.84. The van der Waals surface area contributed by atoms with Gasteiger partial charge in [-0.05, 0) is 6.42 Å². The molecule has 8 heteroatoms. The van der Waals surface area contributed by atoms with Crippen LogP contribution >= 0.6 is 0 Å². The van der Waals surface area contributed by atoms with Gasteiger partial charge in [-0.25, -0.2) is 0 Å². The lowest BCUT2D eigenvalue weighted by molar-refractivity contribution is -0.134. The van der Waals surface area contributed by atoms with E-state index in [1.54, 1.807) is 7.11 Å². The average Bonchev–Trinajstić information content (AvgIpc) is 2.94. The van der Waals surface area contributed by atoms with E-state index in [-0.39, 0.29) is 24.4 Å². The van der Waals surface area contributed by atoms with Gasteiger partial charge in [-0.1, -0.05) is 5.16 Å². The Balaban J connectivity index is 1.90. The number of ether oxygens (including phenoxy) is 1. The van der Waals surface area contributed by atoms with E-state index in [2.05, 4.69) is 15.5 Å². The van der Waals surface area contributed by atoms with Crippen LogP contribution in [0.3, 0.4) is 0 Å². The summed E-state index contributed by atoms with van der Waals surface area (Å²) >= 11 is 0. The highest BCUT2D eigenvalue weighted by Crippen LogP contribution is 2.25. The van der Waals surface area contributed by atoms with Crippen LogP contribution in [0.2, 0.25) is 0 Å². The lowest BCUT2D eigenvalue weighted by atomic mass is 10.2. The highest BCUT2D eigenvalue weighted by molar-refractivity contribution is 4.98. The first-order valence-corrected chi connectivity index (χ1v) is 5.63. The molecule has 18 heavy (non-hydrogen) atoms. The van der Waals surface area contributed by atoms with Gasteiger partial charge in [0, 0.05) is 20.1 Å². The molecule has 1 saturated heterocycles. The summed E-state index contributed by atoms with van der Waals surface area (Å²) in [7, 11) is 1.61. The van der Waals surface area contributed by atoms with Crippen molar-refractivity contribution in [2.75, 3.05) is 13.7 Å². The predicted molar refractivity (Wildman–Crippen MR) is 54.8 cm³/mol. The van der Waals surface area contributed by atoms with Gasteiger partial charge >= 0.3 is 6.18 Å². The summed E-state index contributed by atoms with van der Waals surface area (Å²) in [5, 5.41) is 6.66. The molecule has 0 amide bonds. The average molecular weight is 265 g/mol. The number of aryl methyl sites for hydroxylation is 1. The normalized spacial score (nSPS) is 24.7. The maximum atomic E-state index is 12.0. The molecule has 2 rings (SSSR count). The summed E-state index contributed by atoms with van der Waals surface area (Å²) in [6.07, 6.45) is -4.65. The standard InChI is InChI=1S/C10H14F3N3O2/c1-17-6-4-7(14-5-6)9-15-8(16-18-9)2-3-10(11,12)13/h6-7,14H,2-5H2,1H3/t6-,7+/m0/s1. The van der Waals surface area contributed by atoms with Crippen LogP contribution in [-0.4, -0.2) is 36.1 Å². The van der Waals surface area contributed by atoms with E-state index in [0.717, 1.165) is 0 Å². The molecule has 1 aromatic heterocycles. The first kappa shape index (κ1) is 13.3. The largest absolute Gasteiger partial charge is 0.389 e. The van der Waals surface area contributed by atoms with Gasteiger partial charge in [-0.15, -0.1) is 0 Å². The molecule has 0 spiro atoms. The first-order valence-electron chi connectivity index (χ1n) is 5.63. The molecule has 0 aliphatic carbocycles. The molecule has 0 bridgehead atoms. The molecule has 0 aromatic carbocycles. The molecular weight excluding hydrogens is 251 g/mol. The van der Waals surface area contributed by atoms with E-state index in [1.165, 1.54) is 0 Å². The lowest BCUT2D eigenvalue weighted by Gasteiger charge is -2.04. The highest BCUT2D eigenvalue weighted by atomic mass is 19.4. The van der Waals surface area contributed by atoms with E-state index >= 15 is 0 Å². The van der Waals surface area contributed by atoms with Crippen LogP contribution < -0.4 is 5.32 Å². The third kappa shape index (κ3) is 3.42. The number of aromatic nitrogens is 2. The molecule has 102 valence electrons. The maximum Gasteiger partial charge on any atom is 0.389 e. The Morgan fingerprint density at radius 3 is 2.89 bits per heavy atom. The van der Waals surface area contributed by atoms with Crippen LogP contribution in [0.1, 0.15) is 30.6 Å². The SMILES string of the molecule is CO[C@@H]1CN[C@@H](c2nc(CCC(F)(F)F)no2)C1. The van der Waals surface area contributed by atoms with E-state index in [0.29, 0.717) is 18.9 Å². The second-order valence-corrected chi connectivity index (χ2v) is 4.22. The molecule has 1 aliphatic heterocycles. The predicted octanol–water partition coefficient (Wildman–Crippen LogP) is 1.61. The number of rotatable bonds is 4. The second kappa shape index (κ2) is 5.23. The lowest BCUT2D eigenvalue weighted by Crippen LogP contribution is -2.16. The van der Waals surface area contributed by atoms with Crippen molar-refractivity contribution in [1.82, 2.24) is 15.5 Å². The van der Waals surface area contributed by atoms with Crippen LogP contribution in [0.4, 0.5) is 13.2 Å². The van der Waals surface area contributed by atoms with E-state index in [9.17, 15) is 13.2 Å². The molecule has 1 N–H and O–H groups in total. The topological polar surface area (TPSA) is 60.2 Å². The summed E-state index contributed by atoms with van der Waals surface area (Å²) in [6, 6.07) is -0.137. The molecule has 0 saturated carbocycles. The van der Waals surface area contributed by atoms with Gasteiger partial charge in [0.25, 0.3) is 0 Å². The van der Waals surface area contributed by atoms with Crippen molar-refractivity contribution < 1.29 is 22.4 Å². The van der Waals surface area contributed by atoms with Crippen LogP contribution in [0.15, 0.2) is 4.52 Å². The van der Waals surface area contributed by atoms with Crippen molar-refractivity contribution in [1.29, 1.82) is 0 Å². The number of methoxy groups -OCH3 is 1. The second-order valence-electron chi connectivity index (χ2n) is 4.22. The van der Waals surface area contributed by atoms with Gasteiger partial charge in [0.05, 0.1) is 18.6 Å². The zero-order valence-electron chi connectivity index (χ0n) is 9.83. The fraction of sp³-hybridized carbons (Fsp3) is 0.800. The summed E-state index contributed by atoms with van der Waals surface area (Å²) in [5.41, 5.74) is 0. The third-order valence-corrected chi connectivity index (χ3v) is 2.84. The number of halogens is 3. The molecule has 1 aromatic rings. The zero-order chi connectivity index (χ0) is 13.2. The van der Waals surface area contributed by atoms with E-state index < -0.39 is 12.6 Å². The Bertz CT molecular complexity index is 394. The molecule has 1 fully saturated rings. The van der Waals surface area contributed by atoms with Crippen molar-refractivity contribution >= 4 is 0 Å². The van der Waals surface area contributed by atoms with Gasteiger partial charge in [-0.2, -0.15) is 18.2 Å². The van der Waals surface area contributed by atoms with Gasteiger partial charge < -0.3 is 14.6 Å². The minimum Gasteiger partial charge on any atom is -0.380 e. The van der Waals surface area contributed by atoms with Crippen LogP contribution in [0.5, 0.6) is 0 Å². The fourth-order valence-electron chi connectivity index (χ4n) is 1.84. The Kier molecular flexibility index (Phi) is 3.86. The van der Waals surface area contributed by atoms with Crippen LogP contribution in [0, 0.1) is 0 Å². The monoisotopic (exact) mass is 265 g/mol. The molecule has 5 nitrogen and oxygen atoms in total. The Hall–Kier alpha value is -1.15. The van der Waals surface area contributed by atoms with Crippen LogP contribution in [-0.2, 0) is 11.2 Å². The Morgan fingerprint density at radius 1 is 1.50 bits per heavy atom. The molecular formula is C10H14F3N3O2. The zero-order valence-corrected chi connectivity index (χ0v) is 9.83. The summed E-state index contributed by atoms with van der Waals surface area (Å²) in [4.78, 5) is 3.97. The number of hydrogen-bond donors (Lipinski definition) is 1. The molecule has 2 atom stereocenters. The Morgan fingerprint density at radius 2 is 2.28 bits per heavy atom.